The number of carbonyl (C=O) groups is 2. The lowest BCUT2D eigenvalue weighted by Gasteiger charge is -2.22. The highest BCUT2D eigenvalue weighted by molar-refractivity contribution is 5.76. The van der Waals surface area contributed by atoms with Gasteiger partial charge in [0.15, 0.2) is 0 Å². The zero-order valence-corrected chi connectivity index (χ0v) is 46.1. The van der Waals surface area contributed by atoms with E-state index < -0.39 is 12.1 Å². The molecule has 0 aromatic heterocycles. The summed E-state index contributed by atoms with van der Waals surface area (Å²) in [4.78, 5) is 24.6. The number of unbranched alkanes of at least 4 members (excludes halogenated alkanes) is 45. The molecule has 0 aliphatic rings. The maximum Gasteiger partial charge on any atom is 0.305 e. The number of rotatable bonds is 58. The van der Waals surface area contributed by atoms with Crippen LogP contribution in [0.2, 0.25) is 0 Å². The second kappa shape index (κ2) is 58.2. The van der Waals surface area contributed by atoms with E-state index in [9.17, 15) is 19.8 Å². The largest absolute Gasteiger partial charge is 0.466 e. The van der Waals surface area contributed by atoms with E-state index >= 15 is 0 Å². The van der Waals surface area contributed by atoms with Gasteiger partial charge in [0, 0.05) is 12.8 Å². The van der Waals surface area contributed by atoms with E-state index in [1.807, 2.05) is 0 Å². The van der Waals surface area contributed by atoms with Crippen LogP contribution in [0.3, 0.4) is 0 Å². The van der Waals surface area contributed by atoms with Crippen LogP contribution >= 0.6 is 0 Å². The molecule has 2 unspecified atom stereocenters. The van der Waals surface area contributed by atoms with Crippen LogP contribution < -0.4 is 5.32 Å². The minimum atomic E-state index is -0.669. The highest BCUT2D eigenvalue weighted by Gasteiger charge is 2.20. The number of hydrogen-bond donors (Lipinski definition) is 3. The fraction of sp³-hybridized carbons (Fsp3) is 0.935. The Labute approximate surface area is 425 Å². The van der Waals surface area contributed by atoms with Crippen LogP contribution in [0.1, 0.15) is 348 Å². The zero-order chi connectivity index (χ0) is 49.3. The number of amides is 1. The van der Waals surface area contributed by atoms with Crippen molar-refractivity contribution >= 4 is 11.9 Å². The van der Waals surface area contributed by atoms with Crippen LogP contribution in [0.15, 0.2) is 12.2 Å². The molecule has 0 heterocycles. The van der Waals surface area contributed by atoms with Crippen molar-refractivity contribution in [3.05, 3.63) is 12.2 Å². The summed E-state index contributed by atoms with van der Waals surface area (Å²) >= 11 is 0. The van der Waals surface area contributed by atoms with Crippen molar-refractivity contribution in [2.24, 2.45) is 0 Å². The lowest BCUT2D eigenvalue weighted by atomic mass is 10.0. The summed E-state index contributed by atoms with van der Waals surface area (Å²) in [5, 5.41) is 23.4. The Morgan fingerprint density at radius 3 is 1.04 bits per heavy atom. The normalized spacial score (nSPS) is 12.6. The smallest absolute Gasteiger partial charge is 0.305 e. The molecule has 0 aromatic rings. The molecule has 6 nitrogen and oxygen atoms in total. The van der Waals surface area contributed by atoms with Crippen molar-refractivity contribution in [2.45, 2.75) is 360 Å². The SMILES string of the molecule is CCCCCCC/C=C\CCCCCCCC(=O)OCCCCCCCCCCCCCCCCCCC(=O)NC(CO)C(O)CCCCCCCCCCCCCCCCCCCCCCC. The molecular weight excluding hydrogens is 839 g/mol. The van der Waals surface area contributed by atoms with Crippen molar-refractivity contribution in [2.75, 3.05) is 13.2 Å². The number of aliphatic hydroxyl groups is 2. The van der Waals surface area contributed by atoms with Gasteiger partial charge in [-0.25, -0.2) is 0 Å². The molecule has 6 heteroatoms. The predicted octanol–water partition coefficient (Wildman–Crippen LogP) is 19.2. The van der Waals surface area contributed by atoms with Crippen molar-refractivity contribution < 1.29 is 24.5 Å². The average molecular weight is 961 g/mol. The molecule has 68 heavy (non-hydrogen) atoms. The van der Waals surface area contributed by atoms with Crippen LogP contribution in [0, 0.1) is 0 Å². The Morgan fingerprint density at radius 2 is 0.691 bits per heavy atom. The first-order chi connectivity index (χ1) is 33.5. The maximum atomic E-state index is 12.5. The lowest BCUT2D eigenvalue weighted by Crippen LogP contribution is -2.45. The summed E-state index contributed by atoms with van der Waals surface area (Å²) < 4.78 is 5.47. The second-order valence-electron chi connectivity index (χ2n) is 21.4. The third-order valence-electron chi connectivity index (χ3n) is 14.6. The lowest BCUT2D eigenvalue weighted by molar-refractivity contribution is -0.143. The molecule has 0 aromatic carbocycles. The maximum absolute atomic E-state index is 12.5. The van der Waals surface area contributed by atoms with Crippen molar-refractivity contribution in [3.63, 3.8) is 0 Å². The minimum Gasteiger partial charge on any atom is -0.466 e. The summed E-state index contributed by atoms with van der Waals surface area (Å²) in [6, 6.07) is -0.547. The molecule has 3 N–H and O–H groups in total. The molecule has 0 aliphatic carbocycles. The number of allylic oxidation sites excluding steroid dienone is 2. The average Bonchev–Trinajstić information content (AvgIpc) is 3.34. The summed E-state index contributed by atoms with van der Waals surface area (Å²) in [7, 11) is 0. The van der Waals surface area contributed by atoms with Crippen LogP contribution in [-0.4, -0.2) is 47.4 Å². The Balaban J connectivity index is 3.42. The Bertz CT molecular complexity index is 1020. The number of carbonyl (C=O) groups excluding carboxylic acids is 2. The molecule has 0 saturated heterocycles. The zero-order valence-electron chi connectivity index (χ0n) is 46.1. The van der Waals surface area contributed by atoms with E-state index in [-0.39, 0.29) is 18.5 Å². The Hall–Kier alpha value is -1.40. The van der Waals surface area contributed by atoms with Crippen LogP contribution in [0.4, 0.5) is 0 Å². The molecule has 404 valence electrons. The van der Waals surface area contributed by atoms with Crippen LogP contribution in [0.25, 0.3) is 0 Å². The monoisotopic (exact) mass is 960 g/mol. The van der Waals surface area contributed by atoms with Crippen molar-refractivity contribution in [1.29, 1.82) is 0 Å². The number of hydrogen-bond acceptors (Lipinski definition) is 5. The topological polar surface area (TPSA) is 95.9 Å². The Morgan fingerprint density at radius 1 is 0.397 bits per heavy atom. The number of esters is 1. The summed E-state index contributed by atoms with van der Waals surface area (Å²) in [6.45, 7) is 4.96. The van der Waals surface area contributed by atoms with Gasteiger partial charge in [-0.1, -0.05) is 296 Å². The third kappa shape index (κ3) is 53.9. The highest BCUT2D eigenvalue weighted by atomic mass is 16.5. The molecule has 0 radical (unpaired) electrons. The van der Waals surface area contributed by atoms with Gasteiger partial charge in [0.2, 0.25) is 5.91 Å². The fourth-order valence-electron chi connectivity index (χ4n) is 9.81. The molecule has 0 aliphatic heterocycles. The van der Waals surface area contributed by atoms with Gasteiger partial charge in [-0.3, -0.25) is 9.59 Å². The van der Waals surface area contributed by atoms with Crippen LogP contribution in [-0.2, 0) is 14.3 Å². The molecule has 0 spiro atoms. The second-order valence-corrected chi connectivity index (χ2v) is 21.4. The molecule has 0 bridgehead atoms. The quantitative estimate of drug-likeness (QED) is 0.0321. The summed E-state index contributed by atoms with van der Waals surface area (Å²) in [5.74, 6) is -0.0424. The first kappa shape index (κ1) is 66.6. The number of ether oxygens (including phenoxy) is 1. The molecule has 1 amide bonds. The van der Waals surface area contributed by atoms with E-state index in [4.69, 9.17) is 4.74 Å². The molecule has 0 saturated carbocycles. The summed E-state index contributed by atoms with van der Waals surface area (Å²) in [6.07, 6.45) is 69.2. The highest BCUT2D eigenvalue weighted by Crippen LogP contribution is 2.18. The van der Waals surface area contributed by atoms with Gasteiger partial charge in [-0.05, 0) is 51.4 Å². The van der Waals surface area contributed by atoms with Gasteiger partial charge in [0.25, 0.3) is 0 Å². The first-order valence-electron chi connectivity index (χ1n) is 30.9. The molecule has 2 atom stereocenters. The van der Waals surface area contributed by atoms with Gasteiger partial charge in [0.05, 0.1) is 25.4 Å². The Kier molecular flexibility index (Phi) is 57.0. The standard InChI is InChI=1S/C62H121NO5/c1-3-5-7-9-11-13-15-17-19-20-21-22-23-24-27-30-34-38-42-46-50-54-60(65)59(58-64)63-61(66)55-51-47-43-39-35-31-28-25-26-29-33-37-41-45-49-53-57-68-62(67)56-52-48-44-40-36-32-18-16-14-12-10-8-6-4-2/h16,18,59-60,64-65H,3-15,17,19-58H2,1-2H3,(H,63,66)/b18-16-. The molecule has 0 rings (SSSR count). The molecular formula is C62H121NO5. The van der Waals surface area contributed by atoms with Gasteiger partial charge >= 0.3 is 5.97 Å². The van der Waals surface area contributed by atoms with E-state index in [2.05, 4.69) is 31.3 Å². The molecule has 0 fully saturated rings. The third-order valence-corrected chi connectivity index (χ3v) is 14.6. The fourth-order valence-corrected chi connectivity index (χ4v) is 9.81. The van der Waals surface area contributed by atoms with Gasteiger partial charge in [0.1, 0.15) is 0 Å². The minimum absolute atomic E-state index is 0.00428. The van der Waals surface area contributed by atoms with Gasteiger partial charge in [-0.15, -0.1) is 0 Å². The number of aliphatic hydroxyl groups excluding tert-OH is 2. The summed E-state index contributed by atoms with van der Waals surface area (Å²) in [5.41, 5.74) is 0. The van der Waals surface area contributed by atoms with Crippen molar-refractivity contribution in [3.8, 4) is 0 Å². The van der Waals surface area contributed by atoms with Crippen LogP contribution in [0.5, 0.6) is 0 Å². The van der Waals surface area contributed by atoms with Gasteiger partial charge in [-0.2, -0.15) is 0 Å². The van der Waals surface area contributed by atoms with Gasteiger partial charge < -0.3 is 20.3 Å². The van der Waals surface area contributed by atoms with E-state index in [1.165, 1.54) is 270 Å². The van der Waals surface area contributed by atoms with E-state index in [1.54, 1.807) is 0 Å². The first-order valence-corrected chi connectivity index (χ1v) is 30.9. The van der Waals surface area contributed by atoms with E-state index in [0.717, 1.165) is 44.9 Å². The predicted molar refractivity (Wildman–Crippen MR) is 297 cm³/mol. The van der Waals surface area contributed by atoms with Crippen molar-refractivity contribution in [1.82, 2.24) is 5.32 Å². The number of nitrogens with one attached hydrogen (secondary N) is 1. The van der Waals surface area contributed by atoms with E-state index in [0.29, 0.717) is 25.9 Å².